The van der Waals surface area contributed by atoms with E-state index < -0.39 is 5.54 Å². The minimum Gasteiger partial charge on any atom is -0.509 e. The fourth-order valence-electron chi connectivity index (χ4n) is 4.08. The number of benzene rings is 1. The Kier molecular flexibility index (Phi) is 4.76. The van der Waals surface area contributed by atoms with Crippen molar-refractivity contribution in [1.82, 2.24) is 5.32 Å². The number of hydrogen-bond acceptors (Lipinski definition) is 3. The molecular formula is C19H24BrNO3. The molecule has 0 saturated heterocycles. The van der Waals surface area contributed by atoms with Gasteiger partial charge >= 0.3 is 0 Å². The van der Waals surface area contributed by atoms with Crippen LogP contribution in [0.4, 0.5) is 0 Å². The van der Waals surface area contributed by atoms with Crippen molar-refractivity contribution in [1.29, 1.82) is 0 Å². The Morgan fingerprint density at radius 1 is 1.33 bits per heavy atom. The largest absolute Gasteiger partial charge is 0.509 e. The average Bonchev–Trinajstić information content (AvgIpc) is 2.79. The van der Waals surface area contributed by atoms with Gasteiger partial charge in [0.2, 0.25) is 0 Å². The Morgan fingerprint density at radius 3 is 2.58 bits per heavy atom. The van der Waals surface area contributed by atoms with Gasteiger partial charge in [-0.2, -0.15) is 0 Å². The second kappa shape index (κ2) is 6.52. The maximum absolute atomic E-state index is 12.7. The minimum atomic E-state index is -0.650. The Hall–Kier alpha value is -1.33. The summed E-state index contributed by atoms with van der Waals surface area (Å²) in [7, 11) is 0. The van der Waals surface area contributed by atoms with E-state index in [2.05, 4.69) is 28.2 Å². The van der Waals surface area contributed by atoms with Crippen LogP contribution < -0.4 is 5.32 Å². The van der Waals surface area contributed by atoms with Crippen LogP contribution in [0.25, 0.3) is 5.57 Å². The number of amides is 1. The van der Waals surface area contributed by atoms with Crippen molar-refractivity contribution >= 4 is 27.4 Å². The van der Waals surface area contributed by atoms with E-state index in [-0.39, 0.29) is 24.2 Å². The van der Waals surface area contributed by atoms with Crippen LogP contribution in [0.2, 0.25) is 0 Å². The van der Waals surface area contributed by atoms with Crippen molar-refractivity contribution in [2.24, 2.45) is 5.92 Å². The van der Waals surface area contributed by atoms with E-state index in [4.69, 9.17) is 0 Å². The molecule has 2 aliphatic rings. The molecule has 4 nitrogen and oxygen atoms in total. The van der Waals surface area contributed by atoms with Crippen molar-refractivity contribution in [3.8, 4) is 0 Å². The molecule has 24 heavy (non-hydrogen) atoms. The van der Waals surface area contributed by atoms with Crippen LogP contribution in [0.15, 0.2) is 22.4 Å². The van der Waals surface area contributed by atoms with Gasteiger partial charge in [-0.25, -0.2) is 0 Å². The standard InChI is InChI=1S/C19H24BrNO3/c1-3-13-9-14(20)8-11(2)15(13)16-17(23)19(21-18(16)24)6-4-12(10-22)5-7-19/h8-9,12,22-23H,3-7,10H2,1-2H3,(H,21,24). The molecule has 0 bridgehead atoms. The Morgan fingerprint density at radius 2 is 2.00 bits per heavy atom. The van der Waals surface area contributed by atoms with Crippen LogP contribution in [0.5, 0.6) is 0 Å². The van der Waals surface area contributed by atoms with Gasteiger partial charge in [0.15, 0.2) is 0 Å². The predicted molar refractivity (Wildman–Crippen MR) is 97.7 cm³/mol. The summed E-state index contributed by atoms with van der Waals surface area (Å²) in [6.45, 7) is 4.20. The van der Waals surface area contributed by atoms with Crippen molar-refractivity contribution in [3.63, 3.8) is 0 Å². The van der Waals surface area contributed by atoms with Gasteiger partial charge in [-0.1, -0.05) is 22.9 Å². The molecule has 1 amide bonds. The lowest BCUT2D eigenvalue weighted by atomic mass is 9.75. The summed E-state index contributed by atoms with van der Waals surface area (Å²) in [5.41, 5.74) is 2.68. The monoisotopic (exact) mass is 393 g/mol. The number of rotatable bonds is 3. The van der Waals surface area contributed by atoms with Crippen molar-refractivity contribution < 1.29 is 15.0 Å². The first-order valence-corrected chi connectivity index (χ1v) is 9.37. The number of nitrogens with one attached hydrogen (secondary N) is 1. The summed E-state index contributed by atoms with van der Waals surface area (Å²) in [5.74, 6) is 0.268. The third-order valence-electron chi connectivity index (χ3n) is 5.50. The highest BCUT2D eigenvalue weighted by molar-refractivity contribution is 9.10. The molecule has 1 saturated carbocycles. The van der Waals surface area contributed by atoms with Gasteiger partial charge < -0.3 is 15.5 Å². The van der Waals surface area contributed by atoms with Crippen LogP contribution in [0.1, 0.15) is 49.3 Å². The summed E-state index contributed by atoms with van der Waals surface area (Å²) in [5, 5.41) is 23.4. The van der Waals surface area contributed by atoms with Gasteiger partial charge in [-0.05, 0) is 73.8 Å². The van der Waals surface area contributed by atoms with E-state index >= 15 is 0 Å². The van der Waals surface area contributed by atoms with Gasteiger partial charge in [0.25, 0.3) is 5.91 Å². The smallest absolute Gasteiger partial charge is 0.256 e. The van der Waals surface area contributed by atoms with E-state index in [9.17, 15) is 15.0 Å². The molecule has 0 aromatic heterocycles. The summed E-state index contributed by atoms with van der Waals surface area (Å²) in [4.78, 5) is 12.7. The Labute approximate surface area is 151 Å². The van der Waals surface area contributed by atoms with E-state index in [1.807, 2.05) is 19.1 Å². The molecule has 0 unspecified atom stereocenters. The summed E-state index contributed by atoms with van der Waals surface area (Å²) in [6.07, 6.45) is 3.77. The second-order valence-corrected chi connectivity index (χ2v) is 7.91. The first kappa shape index (κ1) is 17.5. The third kappa shape index (κ3) is 2.78. The van der Waals surface area contributed by atoms with Gasteiger partial charge in [0.05, 0.1) is 11.1 Å². The lowest BCUT2D eigenvalue weighted by Crippen LogP contribution is -2.47. The molecule has 1 aromatic rings. The zero-order chi connectivity index (χ0) is 17.5. The topological polar surface area (TPSA) is 69.6 Å². The number of carbonyl (C=O) groups is 1. The lowest BCUT2D eigenvalue weighted by Gasteiger charge is -2.36. The van der Waals surface area contributed by atoms with Crippen molar-refractivity contribution in [2.75, 3.05) is 6.61 Å². The van der Waals surface area contributed by atoms with E-state index in [0.29, 0.717) is 18.4 Å². The van der Waals surface area contributed by atoms with Crippen molar-refractivity contribution in [2.45, 2.75) is 51.5 Å². The molecular weight excluding hydrogens is 370 g/mol. The van der Waals surface area contributed by atoms with Gasteiger partial charge in [-0.3, -0.25) is 4.79 Å². The quantitative estimate of drug-likeness (QED) is 0.733. The summed E-state index contributed by atoms with van der Waals surface area (Å²) < 4.78 is 0.984. The molecule has 0 radical (unpaired) electrons. The van der Waals surface area contributed by atoms with E-state index in [0.717, 1.165) is 40.4 Å². The zero-order valence-electron chi connectivity index (χ0n) is 14.2. The van der Waals surface area contributed by atoms with Crippen LogP contribution in [0, 0.1) is 12.8 Å². The van der Waals surface area contributed by atoms with E-state index in [1.165, 1.54) is 0 Å². The predicted octanol–water partition coefficient (Wildman–Crippen LogP) is 3.64. The first-order valence-electron chi connectivity index (χ1n) is 8.58. The molecule has 1 aliphatic carbocycles. The van der Waals surface area contributed by atoms with Gasteiger partial charge in [0, 0.05) is 11.1 Å². The number of hydrogen-bond donors (Lipinski definition) is 3. The third-order valence-corrected chi connectivity index (χ3v) is 5.96. The fourth-order valence-corrected chi connectivity index (χ4v) is 4.70. The molecule has 1 aromatic carbocycles. The maximum Gasteiger partial charge on any atom is 0.256 e. The zero-order valence-corrected chi connectivity index (χ0v) is 15.7. The van der Waals surface area contributed by atoms with Gasteiger partial charge in [0.1, 0.15) is 5.76 Å². The Balaban J connectivity index is 2.07. The van der Waals surface area contributed by atoms with Crippen molar-refractivity contribution in [3.05, 3.63) is 39.1 Å². The molecule has 3 rings (SSSR count). The second-order valence-electron chi connectivity index (χ2n) is 7.00. The molecule has 1 spiro atoms. The molecule has 3 N–H and O–H groups in total. The molecule has 1 fully saturated rings. The minimum absolute atomic E-state index is 0.174. The average molecular weight is 394 g/mol. The summed E-state index contributed by atoms with van der Waals surface area (Å²) >= 11 is 3.51. The summed E-state index contributed by atoms with van der Waals surface area (Å²) in [6, 6.07) is 4.00. The molecule has 5 heteroatoms. The molecule has 1 aliphatic heterocycles. The molecule has 0 atom stereocenters. The highest BCUT2D eigenvalue weighted by atomic mass is 79.9. The SMILES string of the molecule is CCc1cc(Br)cc(C)c1C1=C(O)C2(CCC(CO)CC2)NC1=O. The van der Waals surface area contributed by atoms with Crippen LogP contribution >= 0.6 is 15.9 Å². The highest BCUT2D eigenvalue weighted by Gasteiger charge is 2.48. The number of carbonyl (C=O) groups excluding carboxylic acids is 1. The number of halogens is 1. The number of aliphatic hydroxyl groups excluding tert-OH is 2. The van der Waals surface area contributed by atoms with Gasteiger partial charge in [-0.15, -0.1) is 0 Å². The van der Waals surface area contributed by atoms with Crippen LogP contribution in [-0.2, 0) is 11.2 Å². The molecule has 130 valence electrons. The fraction of sp³-hybridized carbons (Fsp3) is 0.526. The number of aryl methyl sites for hydroxylation is 2. The molecule has 1 heterocycles. The lowest BCUT2D eigenvalue weighted by molar-refractivity contribution is -0.116. The van der Waals surface area contributed by atoms with E-state index in [1.54, 1.807) is 0 Å². The Bertz CT molecular complexity index is 703. The number of aliphatic hydroxyl groups is 2. The highest BCUT2D eigenvalue weighted by Crippen LogP contribution is 2.44. The maximum atomic E-state index is 12.7. The van der Waals surface area contributed by atoms with Crippen LogP contribution in [0.3, 0.4) is 0 Å². The van der Waals surface area contributed by atoms with Crippen LogP contribution in [-0.4, -0.2) is 28.3 Å². The normalized spacial score (nSPS) is 27.0. The first-order chi connectivity index (χ1) is 11.4.